The van der Waals surface area contributed by atoms with Crippen LogP contribution in [0.15, 0.2) is 10.4 Å². The Morgan fingerprint density at radius 2 is 2.09 bits per heavy atom. The van der Waals surface area contributed by atoms with Crippen LogP contribution in [-0.4, -0.2) is 51.8 Å². The number of anilines is 1. The zero-order valence-electron chi connectivity index (χ0n) is 14.7. The summed E-state index contributed by atoms with van der Waals surface area (Å²) in [4.78, 5) is 10.8. The Morgan fingerprint density at radius 1 is 1.41 bits per heavy atom. The molecule has 126 valence electrons. The van der Waals surface area contributed by atoms with E-state index >= 15 is 0 Å². The van der Waals surface area contributed by atoms with Crippen molar-refractivity contribution in [1.82, 2.24) is 15.6 Å². The molecule has 6 nitrogen and oxygen atoms in total. The van der Waals surface area contributed by atoms with Gasteiger partial charge in [-0.1, -0.05) is 20.8 Å². The number of thiazole rings is 1. The summed E-state index contributed by atoms with van der Waals surface area (Å²) in [5.41, 5.74) is 1.09. The molecule has 0 saturated carbocycles. The average Bonchev–Trinajstić information content (AvgIpc) is 2.90. The minimum absolute atomic E-state index is 0.0795. The molecular formula is C15H29N5OS. The summed E-state index contributed by atoms with van der Waals surface area (Å²) in [5, 5.41) is 9.65. The summed E-state index contributed by atoms with van der Waals surface area (Å²) in [5.74, 6) is 0.755. The fourth-order valence-corrected chi connectivity index (χ4v) is 2.67. The van der Waals surface area contributed by atoms with E-state index in [-0.39, 0.29) is 11.5 Å². The van der Waals surface area contributed by atoms with Gasteiger partial charge in [0.25, 0.3) is 0 Å². The number of ether oxygens (including phenoxy) is 1. The maximum absolute atomic E-state index is 5.54. The molecule has 1 unspecified atom stereocenters. The number of hydrogen-bond donors (Lipinski definition) is 2. The Labute approximate surface area is 138 Å². The van der Waals surface area contributed by atoms with Crippen molar-refractivity contribution in [2.45, 2.75) is 33.4 Å². The van der Waals surface area contributed by atoms with Gasteiger partial charge in [-0.15, -0.1) is 11.3 Å². The van der Waals surface area contributed by atoms with E-state index in [9.17, 15) is 0 Å². The molecule has 7 heteroatoms. The Hall–Kier alpha value is -1.34. The van der Waals surface area contributed by atoms with Gasteiger partial charge in [-0.2, -0.15) is 0 Å². The van der Waals surface area contributed by atoms with Crippen LogP contribution in [0.4, 0.5) is 5.13 Å². The van der Waals surface area contributed by atoms with E-state index in [0.29, 0.717) is 13.1 Å². The van der Waals surface area contributed by atoms with Gasteiger partial charge >= 0.3 is 0 Å². The highest BCUT2D eigenvalue weighted by Crippen LogP contribution is 2.21. The van der Waals surface area contributed by atoms with Crippen LogP contribution in [0.1, 0.15) is 26.5 Å². The summed E-state index contributed by atoms with van der Waals surface area (Å²) in [7, 11) is 7.49. The van der Waals surface area contributed by atoms with Crippen molar-refractivity contribution in [2.24, 2.45) is 10.4 Å². The highest BCUT2D eigenvalue weighted by molar-refractivity contribution is 7.13. The van der Waals surface area contributed by atoms with E-state index in [4.69, 9.17) is 4.74 Å². The number of rotatable bonds is 6. The van der Waals surface area contributed by atoms with E-state index < -0.39 is 0 Å². The first-order chi connectivity index (χ1) is 10.3. The number of aliphatic imine (C=N–C) groups is 1. The van der Waals surface area contributed by atoms with E-state index in [1.54, 1.807) is 25.5 Å². The first-order valence-electron chi connectivity index (χ1n) is 7.37. The van der Waals surface area contributed by atoms with Crippen molar-refractivity contribution >= 4 is 22.4 Å². The van der Waals surface area contributed by atoms with Gasteiger partial charge in [-0.05, 0) is 5.41 Å². The first kappa shape index (κ1) is 18.7. The lowest BCUT2D eigenvalue weighted by Gasteiger charge is -2.30. The van der Waals surface area contributed by atoms with Crippen LogP contribution in [0, 0.1) is 5.41 Å². The molecule has 0 aliphatic carbocycles. The summed E-state index contributed by atoms with van der Waals surface area (Å²) in [6.45, 7) is 7.85. The lowest BCUT2D eigenvalue weighted by molar-refractivity contribution is 0.0205. The van der Waals surface area contributed by atoms with Crippen molar-refractivity contribution in [3.05, 3.63) is 11.1 Å². The van der Waals surface area contributed by atoms with Gasteiger partial charge in [0, 0.05) is 40.2 Å². The molecule has 0 saturated heterocycles. The van der Waals surface area contributed by atoms with E-state index in [0.717, 1.165) is 16.8 Å². The van der Waals surface area contributed by atoms with E-state index in [1.165, 1.54) is 0 Å². The highest BCUT2D eigenvalue weighted by Gasteiger charge is 2.24. The Balaban J connectivity index is 2.48. The topological polar surface area (TPSA) is 61.8 Å². The van der Waals surface area contributed by atoms with E-state index in [1.807, 2.05) is 19.0 Å². The monoisotopic (exact) mass is 327 g/mol. The molecule has 1 heterocycles. The normalized spacial score (nSPS) is 13.9. The van der Waals surface area contributed by atoms with Gasteiger partial charge in [0.05, 0.1) is 18.3 Å². The smallest absolute Gasteiger partial charge is 0.191 e. The fourth-order valence-electron chi connectivity index (χ4n) is 1.91. The zero-order valence-corrected chi connectivity index (χ0v) is 15.5. The van der Waals surface area contributed by atoms with Crippen LogP contribution in [0.3, 0.4) is 0 Å². The second-order valence-electron chi connectivity index (χ2n) is 6.41. The lowest BCUT2D eigenvalue weighted by Crippen LogP contribution is -2.45. The molecule has 1 atom stereocenters. The van der Waals surface area contributed by atoms with Gasteiger partial charge in [-0.3, -0.25) is 4.99 Å². The number of nitrogens with one attached hydrogen (secondary N) is 2. The van der Waals surface area contributed by atoms with Crippen molar-refractivity contribution in [3.8, 4) is 0 Å². The van der Waals surface area contributed by atoms with Gasteiger partial charge in [0.2, 0.25) is 0 Å². The second kappa shape index (κ2) is 8.33. The predicted molar refractivity (Wildman–Crippen MR) is 94.9 cm³/mol. The molecule has 1 rings (SSSR count). The molecular weight excluding hydrogens is 298 g/mol. The molecule has 2 N–H and O–H groups in total. The van der Waals surface area contributed by atoms with Crippen LogP contribution < -0.4 is 15.5 Å². The van der Waals surface area contributed by atoms with Crippen LogP contribution in [0.5, 0.6) is 0 Å². The van der Waals surface area contributed by atoms with Crippen LogP contribution in [0.25, 0.3) is 0 Å². The van der Waals surface area contributed by atoms with Crippen LogP contribution >= 0.6 is 11.3 Å². The van der Waals surface area contributed by atoms with E-state index in [2.05, 4.69) is 46.8 Å². The third kappa shape index (κ3) is 5.81. The average molecular weight is 327 g/mol. The summed E-state index contributed by atoms with van der Waals surface area (Å²) in [6, 6.07) is 0. The minimum atomic E-state index is 0.0795. The standard InChI is InChI=1S/C15H29N5OS/c1-15(2,3)12(21-7)9-18-13(16-4)17-8-11-10-22-14(19-11)20(5)6/h10,12H,8-9H2,1-7H3,(H2,16,17,18). The zero-order chi connectivity index (χ0) is 16.8. The number of methoxy groups -OCH3 is 1. The third-order valence-corrected chi connectivity index (χ3v) is 4.35. The van der Waals surface area contributed by atoms with Crippen LogP contribution in [-0.2, 0) is 11.3 Å². The molecule has 0 spiro atoms. The second-order valence-corrected chi connectivity index (χ2v) is 7.25. The number of aromatic nitrogens is 1. The fraction of sp³-hybridized carbons (Fsp3) is 0.733. The van der Waals surface area contributed by atoms with Crippen molar-refractivity contribution in [2.75, 3.05) is 39.7 Å². The molecule has 1 aromatic rings. The molecule has 0 amide bonds. The maximum Gasteiger partial charge on any atom is 0.191 e. The molecule has 0 radical (unpaired) electrons. The van der Waals surface area contributed by atoms with Gasteiger partial charge in [0.1, 0.15) is 0 Å². The summed E-state index contributed by atoms with van der Waals surface area (Å²) < 4.78 is 5.54. The minimum Gasteiger partial charge on any atom is -0.379 e. The molecule has 0 aliphatic rings. The highest BCUT2D eigenvalue weighted by atomic mass is 32.1. The SMILES string of the molecule is CN=C(NCc1csc(N(C)C)n1)NCC(OC)C(C)(C)C. The largest absolute Gasteiger partial charge is 0.379 e. The summed E-state index contributed by atoms with van der Waals surface area (Å²) >= 11 is 1.64. The Morgan fingerprint density at radius 3 is 2.55 bits per heavy atom. The molecule has 0 aromatic carbocycles. The first-order valence-corrected chi connectivity index (χ1v) is 8.25. The van der Waals surface area contributed by atoms with Gasteiger partial charge in [0.15, 0.2) is 11.1 Å². The Kier molecular flexibility index (Phi) is 7.09. The van der Waals surface area contributed by atoms with Crippen molar-refractivity contribution in [3.63, 3.8) is 0 Å². The van der Waals surface area contributed by atoms with Gasteiger partial charge in [-0.25, -0.2) is 4.98 Å². The van der Waals surface area contributed by atoms with Gasteiger partial charge < -0.3 is 20.3 Å². The van der Waals surface area contributed by atoms with Crippen molar-refractivity contribution < 1.29 is 4.74 Å². The number of guanidine groups is 1. The van der Waals surface area contributed by atoms with Crippen molar-refractivity contribution in [1.29, 1.82) is 0 Å². The molecule has 22 heavy (non-hydrogen) atoms. The number of hydrogen-bond acceptors (Lipinski definition) is 5. The summed E-state index contributed by atoms with van der Waals surface area (Å²) in [6.07, 6.45) is 0.116. The molecule has 0 bridgehead atoms. The Bertz CT molecular complexity index is 479. The quantitative estimate of drug-likeness (QED) is 0.617. The molecule has 0 aliphatic heterocycles. The molecule has 0 fully saturated rings. The third-order valence-electron chi connectivity index (χ3n) is 3.29. The lowest BCUT2D eigenvalue weighted by atomic mass is 9.89. The maximum atomic E-state index is 5.54. The number of nitrogens with zero attached hydrogens (tertiary/aromatic N) is 3. The molecule has 1 aromatic heterocycles. The van der Waals surface area contributed by atoms with Crippen LogP contribution in [0.2, 0.25) is 0 Å². The predicted octanol–water partition coefficient (Wildman–Crippen LogP) is 1.94.